The molecule has 0 aliphatic carbocycles. The Morgan fingerprint density at radius 3 is 2.30 bits per heavy atom. The van der Waals surface area contributed by atoms with E-state index in [0.717, 1.165) is 40.2 Å². The fraction of sp³-hybridized carbons (Fsp3) is 0.433. The predicted octanol–water partition coefficient (Wildman–Crippen LogP) is 6.61. The van der Waals surface area contributed by atoms with Gasteiger partial charge in [0, 0.05) is 23.7 Å². The van der Waals surface area contributed by atoms with Crippen LogP contribution in [0.3, 0.4) is 0 Å². The summed E-state index contributed by atoms with van der Waals surface area (Å²) in [4.78, 5) is 28.1. The van der Waals surface area contributed by atoms with Gasteiger partial charge in [0.2, 0.25) is 5.91 Å². The van der Waals surface area contributed by atoms with E-state index in [4.69, 9.17) is 5.10 Å². The van der Waals surface area contributed by atoms with E-state index < -0.39 is 0 Å². The predicted molar refractivity (Wildman–Crippen MR) is 152 cm³/mol. The SMILES string of the molecule is Cc1ccccc1-n1nc(C(C)(C)C)cc1NC(=O)CN(CCC(C)C)C(=O)Nc1cccc(C)c1C. The Balaban J connectivity index is 1.85. The minimum atomic E-state index is -0.285. The van der Waals surface area contributed by atoms with Crippen LogP contribution >= 0.6 is 0 Å². The first-order valence-corrected chi connectivity index (χ1v) is 13.0. The quantitative estimate of drug-likeness (QED) is 0.363. The summed E-state index contributed by atoms with van der Waals surface area (Å²) in [6, 6.07) is 15.4. The topological polar surface area (TPSA) is 79.3 Å². The van der Waals surface area contributed by atoms with Crippen molar-refractivity contribution in [1.82, 2.24) is 14.7 Å². The second-order valence-electron chi connectivity index (χ2n) is 11.2. The summed E-state index contributed by atoms with van der Waals surface area (Å²) in [5, 5.41) is 10.9. The number of benzene rings is 2. The molecular formula is C30H41N5O2. The van der Waals surface area contributed by atoms with Crippen LogP contribution in [0.5, 0.6) is 0 Å². The molecule has 0 bridgehead atoms. The van der Waals surface area contributed by atoms with Gasteiger partial charge in [-0.05, 0) is 61.9 Å². The second kappa shape index (κ2) is 11.6. The average Bonchev–Trinajstić information content (AvgIpc) is 3.23. The number of anilines is 2. The number of urea groups is 1. The zero-order chi connectivity index (χ0) is 27.3. The number of hydrogen-bond donors (Lipinski definition) is 2. The molecule has 7 nitrogen and oxygen atoms in total. The molecule has 2 N–H and O–H groups in total. The van der Waals surface area contributed by atoms with Crippen LogP contribution in [0.1, 0.15) is 63.4 Å². The highest BCUT2D eigenvalue weighted by Gasteiger charge is 2.24. The van der Waals surface area contributed by atoms with Gasteiger partial charge in [-0.15, -0.1) is 0 Å². The molecule has 0 fully saturated rings. The number of nitrogens with one attached hydrogen (secondary N) is 2. The summed E-state index contributed by atoms with van der Waals surface area (Å²) in [5.74, 6) is 0.717. The van der Waals surface area contributed by atoms with Crippen molar-refractivity contribution in [3.63, 3.8) is 0 Å². The van der Waals surface area contributed by atoms with Crippen molar-refractivity contribution < 1.29 is 9.59 Å². The average molecular weight is 504 g/mol. The van der Waals surface area contributed by atoms with Crippen LogP contribution in [0.2, 0.25) is 0 Å². The molecule has 3 aromatic rings. The zero-order valence-corrected chi connectivity index (χ0v) is 23.5. The molecule has 0 radical (unpaired) electrons. The molecule has 7 heteroatoms. The van der Waals surface area contributed by atoms with Crippen molar-refractivity contribution in [3.8, 4) is 5.69 Å². The van der Waals surface area contributed by atoms with Gasteiger partial charge in [0.15, 0.2) is 0 Å². The van der Waals surface area contributed by atoms with E-state index in [1.54, 1.807) is 9.58 Å². The van der Waals surface area contributed by atoms with Crippen LogP contribution < -0.4 is 10.6 Å². The maximum atomic E-state index is 13.3. The van der Waals surface area contributed by atoms with Crippen LogP contribution in [-0.4, -0.2) is 39.7 Å². The number of aryl methyl sites for hydroxylation is 2. The molecule has 2 aromatic carbocycles. The van der Waals surface area contributed by atoms with Crippen LogP contribution in [0, 0.1) is 26.7 Å². The first-order chi connectivity index (χ1) is 17.4. The standard InChI is InChI=1S/C30H41N5O2/c1-20(2)16-17-34(29(37)31-24-14-11-13-21(3)23(24)5)19-28(36)32-27-18-26(30(6,7)8)33-35(27)25-15-10-9-12-22(25)4/h9-15,18,20H,16-17,19H2,1-8H3,(H,31,37)(H,32,36). The molecule has 37 heavy (non-hydrogen) atoms. The molecule has 3 amide bonds. The van der Waals surface area contributed by atoms with Gasteiger partial charge in [0.05, 0.1) is 11.4 Å². The van der Waals surface area contributed by atoms with Crippen LogP contribution in [0.4, 0.5) is 16.3 Å². The van der Waals surface area contributed by atoms with Crippen molar-refractivity contribution >= 4 is 23.4 Å². The summed E-state index contributed by atoms with van der Waals surface area (Å²) in [7, 11) is 0. The largest absolute Gasteiger partial charge is 0.322 e. The molecule has 0 spiro atoms. The lowest BCUT2D eigenvalue weighted by Crippen LogP contribution is -2.41. The summed E-state index contributed by atoms with van der Waals surface area (Å²) < 4.78 is 1.78. The molecule has 1 heterocycles. The van der Waals surface area contributed by atoms with Gasteiger partial charge >= 0.3 is 6.03 Å². The smallest absolute Gasteiger partial charge is 0.315 e. The molecule has 1 aromatic heterocycles. The summed E-state index contributed by atoms with van der Waals surface area (Å²) in [5.41, 5.74) is 5.50. The molecule has 0 atom stereocenters. The molecule has 0 aliphatic heterocycles. The number of nitrogens with zero attached hydrogens (tertiary/aromatic N) is 3. The van der Waals surface area contributed by atoms with Crippen LogP contribution in [0.15, 0.2) is 48.5 Å². The third-order valence-corrected chi connectivity index (χ3v) is 6.53. The Bertz CT molecular complexity index is 1250. The highest BCUT2D eigenvalue weighted by Crippen LogP contribution is 2.27. The van der Waals surface area contributed by atoms with E-state index in [1.165, 1.54) is 0 Å². The highest BCUT2D eigenvalue weighted by molar-refractivity contribution is 5.97. The number of aromatic nitrogens is 2. The molecular weight excluding hydrogens is 462 g/mol. The lowest BCUT2D eigenvalue weighted by atomic mass is 9.92. The van der Waals surface area contributed by atoms with Crippen LogP contribution in [0.25, 0.3) is 5.69 Å². The second-order valence-corrected chi connectivity index (χ2v) is 11.2. The summed E-state index contributed by atoms with van der Waals surface area (Å²) >= 11 is 0. The van der Waals surface area contributed by atoms with Crippen molar-refractivity contribution in [2.24, 2.45) is 5.92 Å². The minimum Gasteiger partial charge on any atom is -0.315 e. The van der Waals surface area contributed by atoms with Gasteiger partial charge in [0.1, 0.15) is 12.4 Å². The number of amides is 3. The number of para-hydroxylation sites is 1. The normalized spacial score (nSPS) is 11.5. The van der Waals surface area contributed by atoms with E-state index in [9.17, 15) is 9.59 Å². The van der Waals surface area contributed by atoms with Gasteiger partial charge in [0.25, 0.3) is 0 Å². The number of carbonyl (C=O) groups is 2. The fourth-order valence-electron chi connectivity index (χ4n) is 3.92. The lowest BCUT2D eigenvalue weighted by molar-refractivity contribution is -0.116. The van der Waals surface area contributed by atoms with Gasteiger partial charge < -0.3 is 15.5 Å². The Morgan fingerprint density at radius 1 is 0.973 bits per heavy atom. The minimum absolute atomic E-state index is 0.0623. The third kappa shape index (κ3) is 7.21. The van der Waals surface area contributed by atoms with E-state index in [1.807, 2.05) is 69.3 Å². The van der Waals surface area contributed by atoms with Crippen LogP contribution in [-0.2, 0) is 10.2 Å². The highest BCUT2D eigenvalue weighted by atomic mass is 16.2. The Hall–Kier alpha value is -3.61. The number of hydrogen-bond acceptors (Lipinski definition) is 3. The third-order valence-electron chi connectivity index (χ3n) is 6.53. The van der Waals surface area contributed by atoms with Crippen molar-refractivity contribution in [2.75, 3.05) is 23.7 Å². The summed E-state index contributed by atoms with van der Waals surface area (Å²) in [6.45, 7) is 16.9. The molecule has 3 rings (SSSR count). The van der Waals surface area contributed by atoms with Crippen molar-refractivity contribution in [3.05, 3.63) is 70.9 Å². The number of rotatable bonds is 8. The lowest BCUT2D eigenvalue weighted by Gasteiger charge is -2.24. The molecule has 0 aliphatic rings. The maximum Gasteiger partial charge on any atom is 0.322 e. The Kier molecular flexibility index (Phi) is 8.79. The molecule has 198 valence electrons. The Labute approximate surface area is 221 Å². The van der Waals surface area contributed by atoms with Crippen molar-refractivity contribution in [1.29, 1.82) is 0 Å². The molecule has 0 saturated heterocycles. The summed E-state index contributed by atoms with van der Waals surface area (Å²) in [6.07, 6.45) is 0.794. The van der Waals surface area contributed by atoms with E-state index in [-0.39, 0.29) is 23.9 Å². The van der Waals surface area contributed by atoms with E-state index in [0.29, 0.717) is 18.3 Å². The zero-order valence-electron chi connectivity index (χ0n) is 23.5. The Morgan fingerprint density at radius 2 is 1.65 bits per heavy atom. The maximum absolute atomic E-state index is 13.3. The molecule has 0 unspecified atom stereocenters. The van der Waals surface area contributed by atoms with Gasteiger partial charge in [-0.2, -0.15) is 5.10 Å². The van der Waals surface area contributed by atoms with Crippen molar-refractivity contribution in [2.45, 2.75) is 67.2 Å². The van der Waals surface area contributed by atoms with Gasteiger partial charge in [-0.25, -0.2) is 9.48 Å². The molecule has 0 saturated carbocycles. The number of carbonyl (C=O) groups excluding carboxylic acids is 2. The van der Waals surface area contributed by atoms with Gasteiger partial charge in [-0.1, -0.05) is 65.0 Å². The first-order valence-electron chi connectivity index (χ1n) is 13.0. The monoisotopic (exact) mass is 503 g/mol. The van der Waals surface area contributed by atoms with E-state index >= 15 is 0 Å². The fourth-order valence-corrected chi connectivity index (χ4v) is 3.92. The van der Waals surface area contributed by atoms with E-state index in [2.05, 4.69) is 45.3 Å². The first kappa shape index (κ1) is 28.0. The van der Waals surface area contributed by atoms with Gasteiger partial charge in [-0.3, -0.25) is 4.79 Å².